The van der Waals surface area contributed by atoms with Crippen LogP contribution in [0.25, 0.3) is 5.69 Å². The molecule has 164 valence electrons. The van der Waals surface area contributed by atoms with Gasteiger partial charge in [0.05, 0.1) is 11.4 Å². The minimum Gasteiger partial charge on any atom is -0.318 e. The highest BCUT2D eigenvalue weighted by Gasteiger charge is 2.49. The number of benzene rings is 2. The number of carbonyl (C=O) groups is 3. The smallest absolute Gasteiger partial charge is 0.318 e. The summed E-state index contributed by atoms with van der Waals surface area (Å²) < 4.78 is 1.56. The Balaban J connectivity index is 1.44. The van der Waals surface area contributed by atoms with Gasteiger partial charge in [0.1, 0.15) is 5.54 Å². The first-order valence-corrected chi connectivity index (χ1v) is 10.8. The van der Waals surface area contributed by atoms with E-state index in [2.05, 4.69) is 26.3 Å². The maximum absolute atomic E-state index is 12.9. The molecule has 32 heavy (non-hydrogen) atoms. The van der Waals surface area contributed by atoms with Gasteiger partial charge in [-0.05, 0) is 54.0 Å². The predicted octanol–water partition coefficient (Wildman–Crippen LogP) is 1.87. The molecule has 0 spiro atoms. The van der Waals surface area contributed by atoms with E-state index in [-0.39, 0.29) is 5.75 Å². The number of hydrazine groups is 1. The molecule has 2 aromatic carbocycles. The van der Waals surface area contributed by atoms with Crippen LogP contribution in [0, 0.1) is 13.8 Å². The van der Waals surface area contributed by atoms with E-state index in [1.54, 1.807) is 35.9 Å². The number of hydrogen-bond acceptors (Lipinski definition) is 7. The zero-order valence-electron chi connectivity index (χ0n) is 17.7. The van der Waals surface area contributed by atoms with Gasteiger partial charge < -0.3 is 5.32 Å². The van der Waals surface area contributed by atoms with Crippen LogP contribution in [-0.2, 0) is 15.1 Å². The molecule has 1 atom stereocenters. The molecule has 11 heteroatoms. The summed E-state index contributed by atoms with van der Waals surface area (Å²) in [6, 6.07) is 14.1. The van der Waals surface area contributed by atoms with Crippen LogP contribution in [0.5, 0.6) is 0 Å². The SMILES string of the molecule is Cc1ccc(C)c(-n2nnnc2SCC(=O)NN2C(=O)NC(C)(c3ccccc3)C2=O)c1. The molecule has 0 aliphatic carbocycles. The number of imide groups is 1. The Labute approximate surface area is 188 Å². The molecule has 4 amide bonds. The number of tetrazole rings is 1. The number of nitrogens with one attached hydrogen (secondary N) is 2. The Morgan fingerprint density at radius 3 is 2.66 bits per heavy atom. The lowest BCUT2D eigenvalue weighted by molar-refractivity contribution is -0.138. The molecule has 1 aliphatic heterocycles. The van der Waals surface area contributed by atoms with Crippen LogP contribution in [0.2, 0.25) is 0 Å². The van der Waals surface area contributed by atoms with E-state index in [1.165, 1.54) is 0 Å². The van der Waals surface area contributed by atoms with Crippen molar-refractivity contribution >= 4 is 29.6 Å². The third-order valence-corrected chi connectivity index (χ3v) is 6.06. The van der Waals surface area contributed by atoms with Crippen molar-refractivity contribution in [2.24, 2.45) is 0 Å². The average Bonchev–Trinajstić information content (AvgIpc) is 3.33. The Morgan fingerprint density at radius 1 is 1.16 bits per heavy atom. The normalized spacial score (nSPS) is 18.0. The van der Waals surface area contributed by atoms with Crippen molar-refractivity contribution in [2.75, 3.05) is 5.75 Å². The van der Waals surface area contributed by atoms with E-state index in [4.69, 9.17) is 0 Å². The first kappa shape index (κ1) is 21.5. The zero-order chi connectivity index (χ0) is 22.9. The highest BCUT2D eigenvalue weighted by atomic mass is 32.2. The second-order valence-electron chi connectivity index (χ2n) is 7.55. The molecule has 0 radical (unpaired) electrons. The van der Waals surface area contributed by atoms with Crippen LogP contribution in [0.15, 0.2) is 53.7 Å². The van der Waals surface area contributed by atoms with E-state index >= 15 is 0 Å². The maximum atomic E-state index is 12.9. The van der Waals surface area contributed by atoms with Crippen molar-refractivity contribution < 1.29 is 14.4 Å². The van der Waals surface area contributed by atoms with Crippen molar-refractivity contribution in [3.63, 3.8) is 0 Å². The summed E-state index contributed by atoms with van der Waals surface area (Å²) in [5.74, 6) is -1.19. The maximum Gasteiger partial charge on any atom is 0.344 e. The lowest BCUT2D eigenvalue weighted by Gasteiger charge is -2.22. The van der Waals surface area contributed by atoms with Crippen LogP contribution in [0.3, 0.4) is 0 Å². The zero-order valence-corrected chi connectivity index (χ0v) is 18.5. The summed E-state index contributed by atoms with van der Waals surface area (Å²) in [5, 5.41) is 15.5. The highest BCUT2D eigenvalue weighted by Crippen LogP contribution is 2.28. The molecule has 1 fully saturated rings. The van der Waals surface area contributed by atoms with E-state index in [0.29, 0.717) is 15.7 Å². The molecule has 1 aliphatic rings. The number of hydrogen-bond donors (Lipinski definition) is 2. The molecule has 10 nitrogen and oxygen atoms in total. The minimum atomic E-state index is -1.26. The molecular formula is C21H21N7O3S. The van der Waals surface area contributed by atoms with Crippen molar-refractivity contribution in [3.8, 4) is 5.69 Å². The number of amides is 4. The number of nitrogens with zero attached hydrogens (tertiary/aromatic N) is 5. The van der Waals surface area contributed by atoms with Gasteiger partial charge >= 0.3 is 6.03 Å². The second kappa shape index (κ2) is 8.42. The molecule has 2 N–H and O–H groups in total. The molecule has 1 aromatic heterocycles. The quantitative estimate of drug-likeness (QED) is 0.433. The van der Waals surface area contributed by atoms with Gasteiger partial charge in [-0.2, -0.15) is 9.69 Å². The van der Waals surface area contributed by atoms with Gasteiger partial charge in [-0.1, -0.05) is 54.2 Å². The molecular weight excluding hydrogens is 430 g/mol. The van der Waals surface area contributed by atoms with Crippen LogP contribution in [0.4, 0.5) is 4.79 Å². The lowest BCUT2D eigenvalue weighted by atomic mass is 9.92. The molecule has 0 saturated carbocycles. The predicted molar refractivity (Wildman–Crippen MR) is 117 cm³/mol. The Bertz CT molecular complexity index is 1200. The van der Waals surface area contributed by atoms with Crippen LogP contribution in [-0.4, -0.2) is 48.8 Å². The largest absolute Gasteiger partial charge is 0.344 e. The van der Waals surface area contributed by atoms with Gasteiger partial charge in [0.15, 0.2) is 0 Å². The fourth-order valence-corrected chi connectivity index (χ4v) is 4.04. The number of aromatic nitrogens is 4. The molecule has 1 saturated heterocycles. The second-order valence-corrected chi connectivity index (χ2v) is 8.49. The van der Waals surface area contributed by atoms with E-state index in [1.807, 2.05) is 38.1 Å². The molecule has 0 bridgehead atoms. The fourth-order valence-electron chi connectivity index (χ4n) is 3.36. The first-order chi connectivity index (χ1) is 15.3. The van der Waals surface area contributed by atoms with Gasteiger partial charge in [-0.3, -0.25) is 15.0 Å². The van der Waals surface area contributed by atoms with Gasteiger partial charge in [0.2, 0.25) is 11.1 Å². The first-order valence-electron chi connectivity index (χ1n) is 9.80. The molecule has 3 aromatic rings. The van der Waals surface area contributed by atoms with Gasteiger partial charge in [-0.25, -0.2) is 4.79 Å². The van der Waals surface area contributed by atoms with E-state index in [9.17, 15) is 14.4 Å². The summed E-state index contributed by atoms with van der Waals surface area (Å²) >= 11 is 1.10. The van der Waals surface area contributed by atoms with Crippen LogP contribution < -0.4 is 10.7 Å². The van der Waals surface area contributed by atoms with Crippen molar-refractivity contribution in [1.82, 2.24) is 36.0 Å². The van der Waals surface area contributed by atoms with Crippen molar-refractivity contribution in [1.29, 1.82) is 0 Å². The van der Waals surface area contributed by atoms with Crippen LogP contribution in [0.1, 0.15) is 23.6 Å². The van der Waals surface area contributed by atoms with E-state index < -0.39 is 23.4 Å². The van der Waals surface area contributed by atoms with Crippen LogP contribution >= 0.6 is 11.8 Å². The standard InChI is InChI=1S/C21H21N7O3S/c1-13-9-10-14(2)16(11-13)27-20(23-25-26-27)32-12-17(29)24-28-18(30)21(3,22-19(28)31)15-7-5-4-6-8-15/h4-11H,12H2,1-3H3,(H,22,31)(H,24,29). The van der Waals surface area contributed by atoms with Crippen molar-refractivity contribution in [2.45, 2.75) is 31.5 Å². The number of thioether (sulfide) groups is 1. The van der Waals surface area contributed by atoms with Gasteiger partial charge in [0.25, 0.3) is 5.91 Å². The Morgan fingerprint density at radius 2 is 1.91 bits per heavy atom. The van der Waals surface area contributed by atoms with Crippen molar-refractivity contribution in [3.05, 3.63) is 65.2 Å². The Hall–Kier alpha value is -3.73. The molecule has 4 rings (SSSR count). The van der Waals surface area contributed by atoms with Gasteiger partial charge in [0, 0.05) is 0 Å². The highest BCUT2D eigenvalue weighted by molar-refractivity contribution is 7.99. The topological polar surface area (TPSA) is 122 Å². The van der Waals surface area contributed by atoms with E-state index in [0.717, 1.165) is 28.6 Å². The summed E-state index contributed by atoms with van der Waals surface area (Å²) in [4.78, 5) is 37.8. The number of aryl methyl sites for hydroxylation is 2. The summed E-state index contributed by atoms with van der Waals surface area (Å²) in [7, 11) is 0. The fraction of sp³-hybridized carbons (Fsp3) is 0.238. The minimum absolute atomic E-state index is 0.0929. The lowest BCUT2D eigenvalue weighted by Crippen LogP contribution is -2.48. The summed E-state index contributed by atoms with van der Waals surface area (Å²) in [6.45, 7) is 5.51. The molecule has 1 unspecified atom stereocenters. The number of carbonyl (C=O) groups excluding carboxylic acids is 3. The Kier molecular flexibility index (Phi) is 5.66. The summed E-state index contributed by atoms with van der Waals surface area (Å²) in [6.07, 6.45) is 0. The summed E-state index contributed by atoms with van der Waals surface area (Å²) in [5.41, 5.74) is 4.59. The third kappa shape index (κ3) is 3.94. The number of urea groups is 1. The monoisotopic (exact) mass is 451 g/mol. The van der Waals surface area contributed by atoms with Gasteiger partial charge in [-0.15, -0.1) is 5.10 Å². The average molecular weight is 452 g/mol. The molecule has 2 heterocycles. The third-order valence-electron chi connectivity index (χ3n) is 5.14. The number of rotatable bonds is 6.